The van der Waals surface area contributed by atoms with Crippen molar-refractivity contribution < 1.29 is 14.3 Å². The van der Waals surface area contributed by atoms with Crippen LogP contribution in [-0.4, -0.2) is 23.1 Å². The number of aliphatic carboxylic acids is 1. The molecule has 2 aromatic rings. The predicted octanol–water partition coefficient (Wildman–Crippen LogP) is 2.51. The van der Waals surface area contributed by atoms with Gasteiger partial charge in [0.15, 0.2) is 11.5 Å². The summed E-state index contributed by atoms with van der Waals surface area (Å²) in [6.45, 7) is 3.67. The zero-order chi connectivity index (χ0) is 14.0. The highest BCUT2D eigenvalue weighted by Gasteiger charge is 2.27. The van der Waals surface area contributed by atoms with Gasteiger partial charge in [0.2, 0.25) is 0 Å². The van der Waals surface area contributed by atoms with Crippen molar-refractivity contribution in [3.63, 3.8) is 0 Å². The molecule has 0 bridgehead atoms. The minimum atomic E-state index is -0.796. The topological polar surface area (TPSA) is 75.4 Å². The van der Waals surface area contributed by atoms with Crippen LogP contribution in [-0.2, 0) is 4.79 Å². The Balaban J connectivity index is 2.42. The van der Waals surface area contributed by atoms with Gasteiger partial charge in [-0.05, 0) is 31.2 Å². The molecule has 1 aromatic carbocycles. The average molecular weight is 262 g/mol. The van der Waals surface area contributed by atoms with E-state index in [9.17, 15) is 9.90 Å². The average Bonchev–Trinajstić information content (AvgIpc) is 2.74. The van der Waals surface area contributed by atoms with Gasteiger partial charge < -0.3 is 14.8 Å². The van der Waals surface area contributed by atoms with Crippen molar-refractivity contribution in [1.29, 1.82) is 0 Å². The van der Waals surface area contributed by atoms with Gasteiger partial charge in [0.25, 0.3) is 0 Å². The Morgan fingerprint density at radius 3 is 2.84 bits per heavy atom. The Kier molecular flexibility index (Phi) is 3.85. The summed E-state index contributed by atoms with van der Waals surface area (Å²) >= 11 is 0. The van der Waals surface area contributed by atoms with E-state index in [1.807, 2.05) is 25.1 Å². The third-order valence-electron chi connectivity index (χ3n) is 3.35. The summed E-state index contributed by atoms with van der Waals surface area (Å²) < 4.78 is 5.49. The number of oxazole rings is 1. The number of aromatic nitrogens is 1. The molecule has 0 fully saturated rings. The molecule has 5 nitrogen and oxygen atoms in total. The van der Waals surface area contributed by atoms with Gasteiger partial charge in [-0.15, -0.1) is 0 Å². The quantitative estimate of drug-likeness (QED) is 0.866. The molecule has 0 spiro atoms. The minimum absolute atomic E-state index is 0.239. The van der Waals surface area contributed by atoms with E-state index < -0.39 is 11.9 Å². The predicted molar refractivity (Wildman–Crippen MR) is 72.0 cm³/mol. The molecular formula is C14H18N2O3. The summed E-state index contributed by atoms with van der Waals surface area (Å²) in [7, 11) is 1.77. The summed E-state index contributed by atoms with van der Waals surface area (Å²) in [6, 6.07) is 5.39. The highest BCUT2D eigenvalue weighted by atomic mass is 16.4. The van der Waals surface area contributed by atoms with Crippen LogP contribution in [0.25, 0.3) is 11.1 Å². The van der Waals surface area contributed by atoms with Crippen LogP contribution in [0.5, 0.6) is 0 Å². The fraction of sp³-hybridized carbons (Fsp3) is 0.429. The Hall–Kier alpha value is -1.88. The van der Waals surface area contributed by atoms with Gasteiger partial charge in [-0.25, -0.2) is 4.98 Å². The van der Waals surface area contributed by atoms with Gasteiger partial charge in [-0.1, -0.05) is 13.0 Å². The second-order valence-electron chi connectivity index (χ2n) is 4.58. The van der Waals surface area contributed by atoms with Crippen molar-refractivity contribution in [2.45, 2.75) is 26.3 Å². The number of fused-ring (bicyclic) bond motifs is 1. The molecule has 5 heteroatoms. The van der Waals surface area contributed by atoms with Crippen LogP contribution in [0.1, 0.15) is 30.8 Å². The van der Waals surface area contributed by atoms with E-state index in [-0.39, 0.29) is 6.04 Å². The third kappa shape index (κ3) is 2.61. The molecule has 0 saturated heterocycles. The van der Waals surface area contributed by atoms with Crippen LogP contribution in [0.15, 0.2) is 22.6 Å². The SMILES string of the molecule is CCC(C(=O)O)C(NC)c1ccc2nc(C)oc2c1. The van der Waals surface area contributed by atoms with E-state index in [1.165, 1.54) is 0 Å². The Morgan fingerprint density at radius 1 is 1.53 bits per heavy atom. The maximum Gasteiger partial charge on any atom is 0.308 e. The maximum absolute atomic E-state index is 11.3. The lowest BCUT2D eigenvalue weighted by Gasteiger charge is -2.22. The van der Waals surface area contributed by atoms with Crippen molar-refractivity contribution in [1.82, 2.24) is 10.3 Å². The summed E-state index contributed by atoms with van der Waals surface area (Å²) in [6.07, 6.45) is 0.564. The molecule has 19 heavy (non-hydrogen) atoms. The van der Waals surface area contributed by atoms with Crippen molar-refractivity contribution in [3.8, 4) is 0 Å². The molecular weight excluding hydrogens is 244 g/mol. The molecule has 0 saturated carbocycles. The van der Waals surface area contributed by atoms with E-state index >= 15 is 0 Å². The molecule has 0 amide bonds. The number of nitrogens with zero attached hydrogens (tertiary/aromatic N) is 1. The lowest BCUT2D eigenvalue weighted by molar-refractivity contribution is -0.143. The summed E-state index contributed by atoms with van der Waals surface area (Å²) in [4.78, 5) is 15.5. The fourth-order valence-corrected chi connectivity index (χ4v) is 2.40. The van der Waals surface area contributed by atoms with Gasteiger partial charge in [0.05, 0.1) is 5.92 Å². The first-order chi connectivity index (χ1) is 9.06. The van der Waals surface area contributed by atoms with Gasteiger partial charge in [0, 0.05) is 13.0 Å². The van der Waals surface area contributed by atoms with Crippen LogP contribution < -0.4 is 5.32 Å². The minimum Gasteiger partial charge on any atom is -0.481 e. The first kappa shape index (κ1) is 13.5. The smallest absolute Gasteiger partial charge is 0.308 e. The Morgan fingerprint density at radius 2 is 2.26 bits per heavy atom. The number of carboxylic acid groups (broad SMARTS) is 1. The Labute approximate surface area is 111 Å². The molecule has 2 atom stereocenters. The number of nitrogens with one attached hydrogen (secondary N) is 1. The second kappa shape index (κ2) is 5.40. The summed E-state index contributed by atoms with van der Waals surface area (Å²) in [5.74, 6) is -0.652. The van der Waals surface area contributed by atoms with E-state index in [2.05, 4.69) is 10.3 Å². The van der Waals surface area contributed by atoms with Crippen LogP contribution in [0, 0.1) is 12.8 Å². The first-order valence-corrected chi connectivity index (χ1v) is 6.34. The standard InChI is InChI=1S/C14H18N2O3/c1-4-10(14(17)18)13(15-3)9-5-6-11-12(7-9)19-8(2)16-11/h5-7,10,13,15H,4H2,1-3H3,(H,17,18). The summed E-state index contributed by atoms with van der Waals surface area (Å²) in [5.41, 5.74) is 2.38. The number of hydrogen-bond donors (Lipinski definition) is 2. The number of rotatable bonds is 5. The molecule has 0 aliphatic carbocycles. The monoisotopic (exact) mass is 262 g/mol. The lowest BCUT2D eigenvalue weighted by atomic mass is 9.91. The molecule has 1 aromatic heterocycles. The van der Waals surface area contributed by atoms with Gasteiger partial charge in [-0.3, -0.25) is 4.79 Å². The zero-order valence-corrected chi connectivity index (χ0v) is 11.3. The maximum atomic E-state index is 11.3. The van der Waals surface area contributed by atoms with Crippen LogP contribution >= 0.6 is 0 Å². The van der Waals surface area contributed by atoms with Crippen molar-refractivity contribution in [2.75, 3.05) is 7.05 Å². The van der Waals surface area contributed by atoms with Gasteiger partial charge >= 0.3 is 5.97 Å². The number of hydrogen-bond acceptors (Lipinski definition) is 4. The third-order valence-corrected chi connectivity index (χ3v) is 3.35. The number of aryl methyl sites for hydroxylation is 1. The molecule has 102 valence electrons. The zero-order valence-electron chi connectivity index (χ0n) is 11.3. The fourth-order valence-electron chi connectivity index (χ4n) is 2.40. The number of benzene rings is 1. The molecule has 2 rings (SSSR count). The lowest BCUT2D eigenvalue weighted by Crippen LogP contribution is -2.30. The molecule has 2 unspecified atom stereocenters. The van der Waals surface area contributed by atoms with Crippen LogP contribution in [0.3, 0.4) is 0 Å². The molecule has 0 aliphatic heterocycles. The highest BCUT2D eigenvalue weighted by molar-refractivity contribution is 5.75. The van der Waals surface area contributed by atoms with Crippen molar-refractivity contribution >= 4 is 17.1 Å². The molecule has 0 aliphatic rings. The van der Waals surface area contributed by atoms with Crippen LogP contribution in [0.2, 0.25) is 0 Å². The highest BCUT2D eigenvalue weighted by Crippen LogP contribution is 2.27. The van der Waals surface area contributed by atoms with Gasteiger partial charge in [-0.2, -0.15) is 0 Å². The van der Waals surface area contributed by atoms with E-state index in [1.54, 1.807) is 14.0 Å². The molecule has 2 N–H and O–H groups in total. The first-order valence-electron chi connectivity index (χ1n) is 6.34. The van der Waals surface area contributed by atoms with Gasteiger partial charge in [0.1, 0.15) is 5.52 Å². The molecule has 0 radical (unpaired) electrons. The number of carboxylic acids is 1. The second-order valence-corrected chi connectivity index (χ2v) is 4.58. The Bertz CT molecular complexity index is 591. The van der Waals surface area contributed by atoms with E-state index in [0.717, 1.165) is 11.1 Å². The van der Waals surface area contributed by atoms with Crippen molar-refractivity contribution in [3.05, 3.63) is 29.7 Å². The van der Waals surface area contributed by atoms with Crippen LogP contribution in [0.4, 0.5) is 0 Å². The number of carbonyl (C=O) groups is 1. The van der Waals surface area contributed by atoms with E-state index in [0.29, 0.717) is 17.9 Å². The van der Waals surface area contributed by atoms with Crippen molar-refractivity contribution in [2.24, 2.45) is 5.92 Å². The van der Waals surface area contributed by atoms with E-state index in [4.69, 9.17) is 4.42 Å². The largest absolute Gasteiger partial charge is 0.481 e. The normalized spacial score (nSPS) is 14.5. The molecule has 1 heterocycles. The summed E-state index contributed by atoms with van der Waals surface area (Å²) in [5, 5.41) is 12.4.